The molecule has 106 valence electrons. The Bertz CT molecular complexity index is 759. The number of phenols is 2. The summed E-state index contributed by atoms with van der Waals surface area (Å²) in [4.78, 5) is 12.4. The van der Waals surface area contributed by atoms with E-state index in [0.717, 1.165) is 5.56 Å². The van der Waals surface area contributed by atoms with E-state index in [9.17, 15) is 15.0 Å². The van der Waals surface area contributed by atoms with Crippen LogP contribution in [0.2, 0.25) is 0 Å². The van der Waals surface area contributed by atoms with Crippen LogP contribution in [0.5, 0.6) is 17.2 Å². The number of hydrogen-bond acceptors (Lipinski definition) is 4. The van der Waals surface area contributed by atoms with Crippen molar-refractivity contribution in [2.75, 3.05) is 7.11 Å². The standard InChI is InChI=1S/C17H14O4/c1-21-13-6-5-10-7-12(16(19)14(10)9-13)8-11-3-2-4-15(18)17(11)20/h2-6,8-9,18,20H,7H2,1H3/b12-8+. The highest BCUT2D eigenvalue weighted by Crippen LogP contribution is 2.34. The van der Waals surface area contributed by atoms with Gasteiger partial charge in [0.05, 0.1) is 7.11 Å². The van der Waals surface area contributed by atoms with E-state index in [1.54, 1.807) is 31.4 Å². The zero-order valence-corrected chi connectivity index (χ0v) is 11.5. The van der Waals surface area contributed by atoms with Crippen molar-refractivity contribution >= 4 is 11.9 Å². The molecule has 4 heteroatoms. The summed E-state index contributed by atoms with van der Waals surface area (Å²) in [6, 6.07) is 10.1. The lowest BCUT2D eigenvalue weighted by Crippen LogP contribution is -1.96. The third-order valence-electron chi connectivity index (χ3n) is 3.61. The minimum Gasteiger partial charge on any atom is -0.504 e. The van der Waals surface area contributed by atoms with Gasteiger partial charge >= 0.3 is 0 Å². The van der Waals surface area contributed by atoms with Gasteiger partial charge in [-0.05, 0) is 29.8 Å². The van der Waals surface area contributed by atoms with E-state index in [1.807, 2.05) is 12.1 Å². The molecule has 0 amide bonds. The minimum absolute atomic E-state index is 0.0772. The summed E-state index contributed by atoms with van der Waals surface area (Å²) in [5.41, 5.74) is 2.57. The highest BCUT2D eigenvalue weighted by molar-refractivity contribution is 6.15. The fourth-order valence-electron chi connectivity index (χ4n) is 2.48. The molecule has 0 unspecified atom stereocenters. The van der Waals surface area contributed by atoms with Crippen molar-refractivity contribution in [1.82, 2.24) is 0 Å². The van der Waals surface area contributed by atoms with Crippen LogP contribution < -0.4 is 4.74 Å². The predicted molar refractivity (Wildman–Crippen MR) is 78.8 cm³/mol. The predicted octanol–water partition coefficient (Wildman–Crippen LogP) is 2.93. The van der Waals surface area contributed by atoms with Crippen LogP contribution in [-0.4, -0.2) is 23.1 Å². The lowest BCUT2D eigenvalue weighted by atomic mass is 10.1. The summed E-state index contributed by atoms with van der Waals surface area (Å²) >= 11 is 0. The second-order valence-corrected chi connectivity index (χ2v) is 4.91. The van der Waals surface area contributed by atoms with Gasteiger partial charge in [0.25, 0.3) is 0 Å². The smallest absolute Gasteiger partial charge is 0.189 e. The average molecular weight is 282 g/mol. The first-order valence-electron chi connectivity index (χ1n) is 6.53. The molecule has 1 aliphatic rings. The molecule has 0 spiro atoms. The zero-order chi connectivity index (χ0) is 15.0. The molecular formula is C17H14O4. The van der Waals surface area contributed by atoms with Crippen molar-refractivity contribution in [1.29, 1.82) is 0 Å². The van der Waals surface area contributed by atoms with Gasteiger partial charge in [-0.1, -0.05) is 18.2 Å². The number of phenolic OH excluding ortho intramolecular Hbond substituents is 2. The van der Waals surface area contributed by atoms with E-state index in [4.69, 9.17) is 4.74 Å². The van der Waals surface area contributed by atoms with Gasteiger partial charge in [0.2, 0.25) is 0 Å². The number of allylic oxidation sites excluding steroid dienone is 1. The number of hydrogen-bond donors (Lipinski definition) is 2. The molecule has 21 heavy (non-hydrogen) atoms. The summed E-state index contributed by atoms with van der Waals surface area (Å²) in [7, 11) is 1.56. The third-order valence-corrected chi connectivity index (χ3v) is 3.61. The van der Waals surface area contributed by atoms with Crippen molar-refractivity contribution < 1.29 is 19.7 Å². The maximum Gasteiger partial charge on any atom is 0.189 e. The Morgan fingerprint density at radius 2 is 2.00 bits per heavy atom. The molecule has 2 aromatic carbocycles. The molecule has 2 N–H and O–H groups in total. The van der Waals surface area contributed by atoms with Gasteiger partial charge < -0.3 is 14.9 Å². The van der Waals surface area contributed by atoms with E-state index < -0.39 is 0 Å². The summed E-state index contributed by atoms with van der Waals surface area (Å²) in [6.45, 7) is 0. The van der Waals surface area contributed by atoms with Gasteiger partial charge in [-0.3, -0.25) is 4.79 Å². The number of fused-ring (bicyclic) bond motifs is 1. The maximum atomic E-state index is 12.4. The second kappa shape index (κ2) is 4.98. The Labute approximate surface area is 121 Å². The molecule has 0 saturated carbocycles. The summed E-state index contributed by atoms with van der Waals surface area (Å²) in [5, 5.41) is 19.3. The molecule has 0 atom stereocenters. The molecule has 0 saturated heterocycles. The number of carbonyl (C=O) groups is 1. The van der Waals surface area contributed by atoms with Crippen molar-refractivity contribution in [3.05, 3.63) is 58.7 Å². The van der Waals surface area contributed by atoms with Crippen LogP contribution in [0.25, 0.3) is 6.08 Å². The Morgan fingerprint density at radius 1 is 1.19 bits per heavy atom. The molecular weight excluding hydrogens is 268 g/mol. The number of methoxy groups -OCH3 is 1. The average Bonchev–Trinajstić information content (AvgIpc) is 2.80. The third kappa shape index (κ3) is 2.25. The summed E-state index contributed by atoms with van der Waals surface area (Å²) in [5.74, 6) is 0.149. The van der Waals surface area contributed by atoms with Crippen LogP contribution in [-0.2, 0) is 6.42 Å². The van der Waals surface area contributed by atoms with Crippen LogP contribution >= 0.6 is 0 Å². The van der Waals surface area contributed by atoms with E-state index in [2.05, 4.69) is 0 Å². The Hall–Kier alpha value is -2.75. The van der Waals surface area contributed by atoms with E-state index in [0.29, 0.717) is 28.9 Å². The highest BCUT2D eigenvalue weighted by atomic mass is 16.5. The number of rotatable bonds is 2. The van der Waals surface area contributed by atoms with E-state index in [1.165, 1.54) is 6.07 Å². The van der Waals surface area contributed by atoms with Crippen LogP contribution in [0.4, 0.5) is 0 Å². The number of Topliss-reactive ketones (excluding diaryl/α,β-unsaturated/α-hetero) is 1. The number of ketones is 1. The van der Waals surface area contributed by atoms with Crippen molar-refractivity contribution in [2.24, 2.45) is 0 Å². The maximum absolute atomic E-state index is 12.4. The Kier molecular flexibility index (Phi) is 3.14. The van der Waals surface area contributed by atoms with Crippen molar-refractivity contribution in [3.8, 4) is 17.2 Å². The van der Waals surface area contributed by atoms with Crippen LogP contribution in [0.1, 0.15) is 21.5 Å². The molecule has 4 nitrogen and oxygen atoms in total. The largest absolute Gasteiger partial charge is 0.504 e. The first-order valence-corrected chi connectivity index (χ1v) is 6.53. The monoisotopic (exact) mass is 282 g/mol. The van der Waals surface area contributed by atoms with Gasteiger partial charge in [0, 0.05) is 23.1 Å². The van der Waals surface area contributed by atoms with Gasteiger partial charge in [-0.25, -0.2) is 0 Å². The number of benzene rings is 2. The van der Waals surface area contributed by atoms with Crippen molar-refractivity contribution in [3.63, 3.8) is 0 Å². The minimum atomic E-state index is -0.216. The molecule has 2 aromatic rings. The first-order chi connectivity index (χ1) is 10.1. The fourth-order valence-corrected chi connectivity index (χ4v) is 2.48. The van der Waals surface area contributed by atoms with E-state index in [-0.39, 0.29) is 17.3 Å². The first kappa shape index (κ1) is 13.2. The molecule has 0 heterocycles. The number of ether oxygens (including phenoxy) is 1. The van der Waals surface area contributed by atoms with Crippen LogP contribution in [0, 0.1) is 0 Å². The number of para-hydroxylation sites is 1. The molecule has 3 rings (SSSR count). The molecule has 0 fully saturated rings. The van der Waals surface area contributed by atoms with Crippen LogP contribution in [0.3, 0.4) is 0 Å². The summed E-state index contributed by atoms with van der Waals surface area (Å²) in [6.07, 6.45) is 2.12. The lowest BCUT2D eigenvalue weighted by molar-refractivity contribution is 0.104. The van der Waals surface area contributed by atoms with Gasteiger partial charge in [0.1, 0.15) is 5.75 Å². The van der Waals surface area contributed by atoms with Crippen molar-refractivity contribution in [2.45, 2.75) is 6.42 Å². The zero-order valence-electron chi connectivity index (χ0n) is 11.5. The lowest BCUT2D eigenvalue weighted by Gasteiger charge is -2.02. The molecule has 1 aliphatic carbocycles. The molecule has 0 radical (unpaired) electrons. The topological polar surface area (TPSA) is 66.8 Å². The Balaban J connectivity index is 2.01. The van der Waals surface area contributed by atoms with Gasteiger partial charge in [-0.15, -0.1) is 0 Å². The van der Waals surface area contributed by atoms with E-state index >= 15 is 0 Å². The molecule has 0 bridgehead atoms. The van der Waals surface area contributed by atoms with Crippen LogP contribution in [0.15, 0.2) is 42.0 Å². The number of aromatic hydroxyl groups is 2. The Morgan fingerprint density at radius 3 is 2.76 bits per heavy atom. The second-order valence-electron chi connectivity index (χ2n) is 4.91. The number of carbonyl (C=O) groups excluding carboxylic acids is 1. The quantitative estimate of drug-likeness (QED) is 0.656. The molecule has 0 aromatic heterocycles. The van der Waals surface area contributed by atoms with Gasteiger partial charge in [0.15, 0.2) is 17.3 Å². The normalized spacial score (nSPS) is 15.3. The van der Waals surface area contributed by atoms with Gasteiger partial charge in [-0.2, -0.15) is 0 Å². The summed E-state index contributed by atoms with van der Waals surface area (Å²) < 4.78 is 5.13. The molecule has 0 aliphatic heterocycles. The fraction of sp³-hybridized carbons (Fsp3) is 0.118. The SMILES string of the molecule is COc1ccc2c(c1)C(=O)/C(=C/c1cccc(O)c1O)C2. The highest BCUT2D eigenvalue weighted by Gasteiger charge is 2.25.